The predicted molar refractivity (Wildman–Crippen MR) is 105 cm³/mol. The standard InChI is InChI=1S/C23H33NO2/c1-2-3-4-5-6-7-8-9-19-10-14-21(15-11-19)23(25)26-22-16-12-20(18-24)13-17-22/h10-11,14-15,20,22H,2-9,12-13,16-17H2,1H3/t20-,22-. The number of aryl methyl sites for hydroxylation is 1. The summed E-state index contributed by atoms with van der Waals surface area (Å²) >= 11 is 0. The molecule has 1 aliphatic carbocycles. The molecule has 0 spiro atoms. The molecule has 3 heteroatoms. The maximum Gasteiger partial charge on any atom is 0.338 e. The monoisotopic (exact) mass is 355 g/mol. The lowest BCUT2D eigenvalue weighted by Crippen LogP contribution is -2.24. The molecule has 142 valence electrons. The quantitative estimate of drug-likeness (QED) is 0.370. The molecule has 0 aliphatic heterocycles. The molecule has 1 aliphatic rings. The Balaban J connectivity index is 1.66. The van der Waals surface area contributed by atoms with Crippen molar-refractivity contribution < 1.29 is 9.53 Å². The van der Waals surface area contributed by atoms with Crippen molar-refractivity contribution in [3.8, 4) is 6.07 Å². The zero-order valence-corrected chi connectivity index (χ0v) is 16.2. The molecule has 1 fully saturated rings. The molecule has 3 nitrogen and oxygen atoms in total. The first kappa shape index (κ1) is 20.5. The van der Waals surface area contributed by atoms with Crippen LogP contribution >= 0.6 is 0 Å². The number of carbonyl (C=O) groups is 1. The molecule has 0 saturated heterocycles. The van der Waals surface area contributed by atoms with Crippen LogP contribution in [-0.4, -0.2) is 12.1 Å². The molecule has 26 heavy (non-hydrogen) atoms. The smallest absolute Gasteiger partial charge is 0.338 e. The molecule has 1 aromatic rings. The van der Waals surface area contributed by atoms with Crippen LogP contribution in [0.25, 0.3) is 0 Å². The lowest BCUT2D eigenvalue weighted by atomic mass is 9.88. The molecule has 0 atom stereocenters. The van der Waals surface area contributed by atoms with Gasteiger partial charge in [-0.2, -0.15) is 5.26 Å². The molecule has 0 radical (unpaired) electrons. The van der Waals surface area contributed by atoms with E-state index in [-0.39, 0.29) is 18.0 Å². The second-order valence-corrected chi connectivity index (χ2v) is 7.58. The number of unbranched alkanes of at least 4 members (excludes halogenated alkanes) is 6. The van der Waals surface area contributed by atoms with Gasteiger partial charge in [0.2, 0.25) is 0 Å². The lowest BCUT2D eigenvalue weighted by molar-refractivity contribution is 0.0187. The van der Waals surface area contributed by atoms with Gasteiger partial charge in [0.05, 0.1) is 11.6 Å². The highest BCUT2D eigenvalue weighted by atomic mass is 16.5. The molecule has 0 aromatic heterocycles. The second kappa shape index (κ2) is 11.7. The number of hydrogen-bond donors (Lipinski definition) is 0. The minimum absolute atomic E-state index is 0.0283. The first-order valence-corrected chi connectivity index (χ1v) is 10.4. The van der Waals surface area contributed by atoms with Crippen LogP contribution < -0.4 is 0 Å². The Hall–Kier alpha value is -1.82. The maximum absolute atomic E-state index is 12.3. The van der Waals surface area contributed by atoms with E-state index in [1.54, 1.807) is 0 Å². The van der Waals surface area contributed by atoms with Crippen LogP contribution in [-0.2, 0) is 11.2 Å². The van der Waals surface area contributed by atoms with E-state index in [1.807, 2.05) is 12.1 Å². The minimum atomic E-state index is -0.229. The van der Waals surface area contributed by atoms with E-state index in [1.165, 1.54) is 50.5 Å². The van der Waals surface area contributed by atoms with Crippen molar-refractivity contribution in [2.45, 2.75) is 90.1 Å². The van der Waals surface area contributed by atoms with E-state index in [0.29, 0.717) is 5.56 Å². The number of benzene rings is 1. The molecule has 2 rings (SSSR count). The van der Waals surface area contributed by atoms with E-state index >= 15 is 0 Å². The summed E-state index contributed by atoms with van der Waals surface area (Å²) in [5.74, 6) is -0.0937. The van der Waals surface area contributed by atoms with E-state index < -0.39 is 0 Å². The highest BCUT2D eigenvalue weighted by Crippen LogP contribution is 2.26. The molecular formula is C23H33NO2. The van der Waals surface area contributed by atoms with Gasteiger partial charge in [-0.05, 0) is 56.2 Å². The Labute approximate surface area is 158 Å². The fraction of sp³-hybridized carbons (Fsp3) is 0.652. The van der Waals surface area contributed by atoms with Gasteiger partial charge in [-0.25, -0.2) is 4.79 Å². The number of nitrogens with zero attached hydrogens (tertiary/aromatic N) is 1. The van der Waals surface area contributed by atoms with Crippen molar-refractivity contribution in [2.75, 3.05) is 0 Å². The van der Waals surface area contributed by atoms with Gasteiger partial charge in [-0.1, -0.05) is 57.6 Å². The van der Waals surface area contributed by atoms with Crippen molar-refractivity contribution in [3.63, 3.8) is 0 Å². The highest BCUT2D eigenvalue weighted by Gasteiger charge is 2.24. The molecular weight excluding hydrogens is 322 g/mol. The Morgan fingerprint density at radius 1 is 1.00 bits per heavy atom. The zero-order chi connectivity index (χ0) is 18.6. The molecule has 0 amide bonds. The summed E-state index contributed by atoms with van der Waals surface area (Å²) in [7, 11) is 0. The number of esters is 1. The zero-order valence-electron chi connectivity index (χ0n) is 16.2. The normalized spacial score (nSPS) is 19.7. The summed E-state index contributed by atoms with van der Waals surface area (Å²) in [5, 5.41) is 8.93. The number of hydrogen-bond acceptors (Lipinski definition) is 3. The maximum atomic E-state index is 12.3. The Morgan fingerprint density at radius 2 is 1.62 bits per heavy atom. The summed E-state index contributed by atoms with van der Waals surface area (Å²) in [6.45, 7) is 2.25. The van der Waals surface area contributed by atoms with E-state index in [9.17, 15) is 4.79 Å². The second-order valence-electron chi connectivity index (χ2n) is 7.58. The van der Waals surface area contributed by atoms with E-state index in [2.05, 4.69) is 25.1 Å². The molecule has 0 heterocycles. The van der Waals surface area contributed by atoms with E-state index in [4.69, 9.17) is 10.00 Å². The summed E-state index contributed by atoms with van der Waals surface area (Å²) in [6, 6.07) is 10.2. The Kier molecular flexibility index (Phi) is 9.24. The highest BCUT2D eigenvalue weighted by molar-refractivity contribution is 5.89. The summed E-state index contributed by atoms with van der Waals surface area (Å²) in [5.41, 5.74) is 1.93. The van der Waals surface area contributed by atoms with Crippen LogP contribution in [0.3, 0.4) is 0 Å². The van der Waals surface area contributed by atoms with Crippen LogP contribution in [0.1, 0.15) is 93.5 Å². The van der Waals surface area contributed by atoms with Gasteiger partial charge in [-0.15, -0.1) is 0 Å². The average Bonchev–Trinajstić information content (AvgIpc) is 2.68. The fourth-order valence-corrected chi connectivity index (χ4v) is 3.62. The fourth-order valence-electron chi connectivity index (χ4n) is 3.62. The van der Waals surface area contributed by atoms with Crippen molar-refractivity contribution in [1.82, 2.24) is 0 Å². The first-order valence-electron chi connectivity index (χ1n) is 10.4. The van der Waals surface area contributed by atoms with Crippen molar-refractivity contribution in [3.05, 3.63) is 35.4 Å². The number of nitriles is 1. The van der Waals surface area contributed by atoms with Gasteiger partial charge in [0.15, 0.2) is 0 Å². The minimum Gasteiger partial charge on any atom is -0.459 e. The van der Waals surface area contributed by atoms with Gasteiger partial charge in [0, 0.05) is 5.92 Å². The molecule has 0 N–H and O–H groups in total. The molecule has 0 bridgehead atoms. The van der Waals surface area contributed by atoms with Crippen LogP contribution in [0.15, 0.2) is 24.3 Å². The Morgan fingerprint density at radius 3 is 2.23 bits per heavy atom. The Bertz CT molecular complexity index is 565. The average molecular weight is 356 g/mol. The summed E-state index contributed by atoms with van der Waals surface area (Å²) in [6.07, 6.45) is 13.6. The van der Waals surface area contributed by atoms with Crippen molar-refractivity contribution >= 4 is 5.97 Å². The predicted octanol–water partition coefficient (Wildman–Crippen LogP) is 6.22. The van der Waals surface area contributed by atoms with Gasteiger partial charge in [0.25, 0.3) is 0 Å². The van der Waals surface area contributed by atoms with Gasteiger partial charge >= 0.3 is 5.97 Å². The van der Waals surface area contributed by atoms with Crippen molar-refractivity contribution in [2.24, 2.45) is 5.92 Å². The molecule has 1 saturated carbocycles. The number of rotatable bonds is 10. The van der Waals surface area contributed by atoms with Crippen LogP contribution in [0.5, 0.6) is 0 Å². The van der Waals surface area contributed by atoms with Gasteiger partial charge in [0.1, 0.15) is 6.10 Å². The van der Waals surface area contributed by atoms with Gasteiger partial charge in [-0.3, -0.25) is 0 Å². The first-order chi connectivity index (χ1) is 12.7. The SMILES string of the molecule is CCCCCCCCCc1ccc(C(=O)O[C@H]2CC[C@H](C#N)CC2)cc1. The topological polar surface area (TPSA) is 50.1 Å². The lowest BCUT2D eigenvalue weighted by Gasteiger charge is -2.24. The molecule has 0 unspecified atom stereocenters. The van der Waals surface area contributed by atoms with Crippen LogP contribution in [0.2, 0.25) is 0 Å². The molecule has 1 aromatic carbocycles. The number of carbonyl (C=O) groups excluding carboxylic acids is 1. The summed E-state index contributed by atoms with van der Waals surface area (Å²) in [4.78, 5) is 12.3. The third-order valence-corrected chi connectivity index (χ3v) is 5.39. The van der Waals surface area contributed by atoms with E-state index in [0.717, 1.165) is 32.1 Å². The third-order valence-electron chi connectivity index (χ3n) is 5.39. The largest absolute Gasteiger partial charge is 0.459 e. The summed E-state index contributed by atoms with van der Waals surface area (Å²) < 4.78 is 5.61. The van der Waals surface area contributed by atoms with Gasteiger partial charge < -0.3 is 4.74 Å². The van der Waals surface area contributed by atoms with Crippen molar-refractivity contribution in [1.29, 1.82) is 5.26 Å². The van der Waals surface area contributed by atoms with Crippen LogP contribution in [0, 0.1) is 17.2 Å². The third kappa shape index (κ3) is 7.20. The van der Waals surface area contributed by atoms with Crippen LogP contribution in [0.4, 0.5) is 0 Å². The number of ether oxygens (including phenoxy) is 1.